The Labute approximate surface area is 103 Å². The van der Waals surface area contributed by atoms with Crippen LogP contribution in [0.5, 0.6) is 0 Å². The van der Waals surface area contributed by atoms with E-state index in [1.807, 2.05) is 20.8 Å². The Morgan fingerprint density at radius 1 is 1.56 bits per heavy atom. The monoisotopic (exact) mass is 264 g/mol. The van der Waals surface area contributed by atoms with Gasteiger partial charge in [-0.25, -0.2) is 0 Å². The fourth-order valence-electron chi connectivity index (χ4n) is 1.52. The van der Waals surface area contributed by atoms with Gasteiger partial charge < -0.3 is 4.52 Å². The van der Waals surface area contributed by atoms with Crippen molar-refractivity contribution < 1.29 is 13.6 Å². The van der Waals surface area contributed by atoms with Crippen LogP contribution in [0, 0.1) is 0 Å². The lowest BCUT2D eigenvalue weighted by Gasteiger charge is -2.26. The number of rotatable bonds is 5. The molecule has 0 radical (unpaired) electrons. The zero-order valence-electron chi connectivity index (χ0n) is 10.6. The highest BCUT2D eigenvalue weighted by Crippen LogP contribution is 2.63. The summed E-state index contributed by atoms with van der Waals surface area (Å²) in [6.45, 7) is 10.5. The molecule has 0 amide bonds. The third-order valence-corrected chi connectivity index (χ3v) is 5.77. The molecule has 1 heterocycles. The Bertz CT molecular complexity index is 327. The van der Waals surface area contributed by atoms with Crippen molar-refractivity contribution >= 4 is 19.4 Å². The molecular weight excluding hydrogens is 243 g/mol. The van der Waals surface area contributed by atoms with Crippen molar-refractivity contribution in [3.63, 3.8) is 0 Å². The van der Waals surface area contributed by atoms with Gasteiger partial charge in [0.25, 0.3) is 0 Å². The summed E-state index contributed by atoms with van der Waals surface area (Å²) in [7, 11) is -3.00. The van der Waals surface area contributed by atoms with E-state index in [4.69, 9.17) is 9.05 Å². The lowest BCUT2D eigenvalue weighted by atomic mass is 10.0. The molecule has 2 atom stereocenters. The van der Waals surface area contributed by atoms with Gasteiger partial charge in [0.1, 0.15) is 5.60 Å². The molecule has 0 aromatic heterocycles. The van der Waals surface area contributed by atoms with Crippen LogP contribution in [0.4, 0.5) is 0 Å². The van der Waals surface area contributed by atoms with E-state index in [0.29, 0.717) is 11.9 Å². The van der Waals surface area contributed by atoms with Gasteiger partial charge in [0.2, 0.25) is 0 Å². The van der Waals surface area contributed by atoms with Gasteiger partial charge in [0, 0.05) is 16.0 Å². The maximum atomic E-state index is 12.2. The van der Waals surface area contributed by atoms with Crippen LogP contribution in [0.15, 0.2) is 10.7 Å². The second kappa shape index (κ2) is 5.26. The fraction of sp³-hybridized carbons (Fsp3) is 0.818. The SMILES string of the molecule is CCOP1(=O)C=C(SC(C)C)C(C)(CC)O1. The number of hydrogen-bond acceptors (Lipinski definition) is 4. The molecule has 0 fully saturated rings. The Kier molecular flexibility index (Phi) is 4.70. The quantitative estimate of drug-likeness (QED) is 0.689. The first-order chi connectivity index (χ1) is 7.35. The second-order valence-electron chi connectivity index (χ2n) is 4.29. The van der Waals surface area contributed by atoms with Gasteiger partial charge in [-0.2, -0.15) is 0 Å². The van der Waals surface area contributed by atoms with Crippen molar-refractivity contribution in [1.82, 2.24) is 0 Å². The minimum atomic E-state index is -3.00. The topological polar surface area (TPSA) is 35.5 Å². The Balaban J connectivity index is 2.94. The van der Waals surface area contributed by atoms with Crippen molar-refractivity contribution in [1.29, 1.82) is 0 Å². The van der Waals surface area contributed by atoms with Crippen LogP contribution < -0.4 is 0 Å². The van der Waals surface area contributed by atoms with E-state index in [0.717, 1.165) is 11.3 Å². The average Bonchev–Trinajstić information content (AvgIpc) is 2.39. The molecule has 5 heteroatoms. The van der Waals surface area contributed by atoms with E-state index < -0.39 is 13.2 Å². The summed E-state index contributed by atoms with van der Waals surface area (Å²) >= 11 is 1.71. The smallest absolute Gasteiger partial charge is 0.306 e. The highest BCUT2D eigenvalue weighted by atomic mass is 32.2. The van der Waals surface area contributed by atoms with Gasteiger partial charge >= 0.3 is 7.60 Å². The van der Waals surface area contributed by atoms with Crippen molar-refractivity contribution in [2.45, 2.75) is 51.9 Å². The van der Waals surface area contributed by atoms with Gasteiger partial charge in [-0.15, -0.1) is 11.8 Å². The van der Waals surface area contributed by atoms with Crippen molar-refractivity contribution in [2.24, 2.45) is 0 Å². The normalized spacial score (nSPS) is 34.5. The van der Waals surface area contributed by atoms with E-state index in [1.165, 1.54) is 0 Å². The molecule has 0 aromatic carbocycles. The minimum Gasteiger partial charge on any atom is -0.306 e. The predicted molar refractivity (Wildman–Crippen MR) is 69.8 cm³/mol. The van der Waals surface area contributed by atoms with Gasteiger partial charge in [-0.05, 0) is 20.3 Å². The molecule has 1 aliphatic heterocycles. The molecule has 0 aromatic rings. The maximum absolute atomic E-state index is 12.2. The van der Waals surface area contributed by atoms with Crippen LogP contribution in [-0.4, -0.2) is 17.5 Å². The standard InChI is InChI=1S/C11H21O3PS/c1-6-11(5)10(16-9(3)4)8-15(12,14-11)13-7-2/h8-9H,6-7H2,1-5H3. The summed E-state index contributed by atoms with van der Waals surface area (Å²) < 4.78 is 23.1. The Morgan fingerprint density at radius 3 is 2.62 bits per heavy atom. The summed E-state index contributed by atoms with van der Waals surface area (Å²) in [6.07, 6.45) is 0.801. The second-order valence-corrected chi connectivity index (χ2v) is 7.69. The first kappa shape index (κ1) is 14.3. The molecule has 0 aliphatic carbocycles. The van der Waals surface area contributed by atoms with Crippen molar-refractivity contribution in [2.75, 3.05) is 6.61 Å². The molecular formula is C11H21O3PS. The summed E-state index contributed by atoms with van der Waals surface area (Å²) in [6, 6.07) is 0. The molecule has 1 rings (SSSR count). The van der Waals surface area contributed by atoms with Crippen LogP contribution in [-0.2, 0) is 13.6 Å². The molecule has 2 unspecified atom stereocenters. The van der Waals surface area contributed by atoms with Crippen LogP contribution in [0.2, 0.25) is 0 Å². The average molecular weight is 264 g/mol. The van der Waals surface area contributed by atoms with E-state index in [9.17, 15) is 4.57 Å². The summed E-state index contributed by atoms with van der Waals surface area (Å²) in [5.74, 6) is 1.70. The van der Waals surface area contributed by atoms with Crippen molar-refractivity contribution in [3.8, 4) is 0 Å². The third-order valence-electron chi connectivity index (χ3n) is 2.47. The summed E-state index contributed by atoms with van der Waals surface area (Å²) in [4.78, 5) is 1.04. The lowest BCUT2D eigenvalue weighted by Crippen LogP contribution is -2.24. The predicted octanol–water partition coefficient (Wildman–Crippen LogP) is 4.40. The number of hydrogen-bond donors (Lipinski definition) is 0. The minimum absolute atomic E-state index is 0.410. The molecule has 0 bridgehead atoms. The number of thioether (sulfide) groups is 1. The van der Waals surface area contributed by atoms with E-state index in [-0.39, 0.29) is 0 Å². The Hall–Kier alpha value is 0.240. The highest BCUT2D eigenvalue weighted by Gasteiger charge is 2.44. The van der Waals surface area contributed by atoms with Crippen LogP contribution >= 0.6 is 19.4 Å². The molecule has 0 spiro atoms. The molecule has 94 valence electrons. The molecule has 1 aliphatic rings. The zero-order chi connectivity index (χ0) is 12.4. The van der Waals surface area contributed by atoms with Crippen LogP contribution in [0.1, 0.15) is 41.0 Å². The first-order valence-corrected chi connectivity index (χ1v) is 8.19. The molecule has 0 saturated heterocycles. The van der Waals surface area contributed by atoms with Crippen LogP contribution in [0.25, 0.3) is 0 Å². The van der Waals surface area contributed by atoms with Crippen molar-refractivity contribution in [3.05, 3.63) is 10.7 Å². The van der Waals surface area contributed by atoms with E-state index >= 15 is 0 Å². The molecule has 3 nitrogen and oxygen atoms in total. The zero-order valence-corrected chi connectivity index (χ0v) is 12.4. The summed E-state index contributed by atoms with van der Waals surface area (Å²) in [5, 5.41) is 0.453. The van der Waals surface area contributed by atoms with E-state index in [2.05, 4.69) is 13.8 Å². The highest BCUT2D eigenvalue weighted by molar-refractivity contribution is 8.04. The van der Waals surface area contributed by atoms with E-state index in [1.54, 1.807) is 17.6 Å². The van der Waals surface area contributed by atoms with Gasteiger partial charge in [0.15, 0.2) is 0 Å². The molecule has 0 saturated carbocycles. The Morgan fingerprint density at radius 2 is 2.19 bits per heavy atom. The summed E-state index contributed by atoms with van der Waals surface area (Å²) in [5.41, 5.74) is -0.445. The lowest BCUT2D eigenvalue weighted by molar-refractivity contribution is 0.114. The maximum Gasteiger partial charge on any atom is 0.355 e. The fourth-order valence-corrected chi connectivity index (χ4v) is 5.05. The first-order valence-electron chi connectivity index (χ1n) is 5.70. The van der Waals surface area contributed by atoms with Gasteiger partial charge in [0.05, 0.1) is 6.61 Å². The van der Waals surface area contributed by atoms with Gasteiger partial charge in [-0.1, -0.05) is 20.8 Å². The third kappa shape index (κ3) is 3.13. The van der Waals surface area contributed by atoms with Crippen LogP contribution in [0.3, 0.4) is 0 Å². The molecule has 16 heavy (non-hydrogen) atoms. The largest absolute Gasteiger partial charge is 0.355 e. The molecule has 0 N–H and O–H groups in total. The van der Waals surface area contributed by atoms with Gasteiger partial charge in [-0.3, -0.25) is 9.09 Å².